The van der Waals surface area contributed by atoms with Crippen LogP contribution in [-0.4, -0.2) is 13.1 Å². The Morgan fingerprint density at radius 3 is 2.23 bits per heavy atom. The Hall–Kier alpha value is -0.820. The van der Waals surface area contributed by atoms with Crippen molar-refractivity contribution in [3.8, 4) is 0 Å². The topological polar surface area (TPSA) is 12.0 Å². The van der Waals surface area contributed by atoms with Crippen molar-refractivity contribution in [3.63, 3.8) is 0 Å². The van der Waals surface area contributed by atoms with Gasteiger partial charge in [0.05, 0.1) is 0 Å². The summed E-state index contributed by atoms with van der Waals surface area (Å²) in [6.45, 7) is 4.51. The van der Waals surface area contributed by atoms with Gasteiger partial charge in [-0.15, -0.1) is 0 Å². The van der Waals surface area contributed by atoms with Crippen LogP contribution < -0.4 is 5.32 Å². The molecular formula is C12H19N. The van der Waals surface area contributed by atoms with Gasteiger partial charge in [-0.25, -0.2) is 0 Å². The van der Waals surface area contributed by atoms with E-state index in [9.17, 15) is 0 Å². The summed E-state index contributed by atoms with van der Waals surface area (Å²) in [5, 5.41) is 3.35. The van der Waals surface area contributed by atoms with Gasteiger partial charge in [-0.05, 0) is 24.9 Å². The van der Waals surface area contributed by atoms with E-state index in [0.29, 0.717) is 12.0 Å². The smallest absolute Gasteiger partial charge is 0.0127 e. The maximum absolute atomic E-state index is 3.35. The maximum Gasteiger partial charge on any atom is 0.0127 e. The predicted octanol–water partition coefficient (Wildman–Crippen LogP) is 2.47. The highest BCUT2D eigenvalue weighted by Crippen LogP contribution is 2.09. The predicted molar refractivity (Wildman–Crippen MR) is 57.8 cm³/mol. The number of nitrogens with one attached hydrogen (secondary N) is 1. The van der Waals surface area contributed by atoms with Crippen molar-refractivity contribution in [3.05, 3.63) is 35.9 Å². The number of benzene rings is 1. The van der Waals surface area contributed by atoms with Gasteiger partial charge < -0.3 is 5.32 Å². The molecule has 0 spiro atoms. The van der Waals surface area contributed by atoms with Gasteiger partial charge in [-0.3, -0.25) is 0 Å². The molecule has 0 saturated carbocycles. The van der Waals surface area contributed by atoms with Crippen LogP contribution in [-0.2, 0) is 6.42 Å². The molecule has 1 heteroatoms. The Balaban J connectivity index is 2.57. The summed E-state index contributed by atoms with van der Waals surface area (Å²) in [7, 11) is 2.04. The van der Waals surface area contributed by atoms with Crippen LogP contribution in [0.4, 0.5) is 0 Å². The summed E-state index contributed by atoms with van der Waals surface area (Å²) < 4.78 is 0. The first kappa shape index (κ1) is 10.3. The lowest BCUT2D eigenvalue weighted by molar-refractivity contribution is 0.424. The van der Waals surface area contributed by atoms with Crippen molar-refractivity contribution in [2.75, 3.05) is 7.05 Å². The number of hydrogen-bond acceptors (Lipinski definition) is 1. The van der Waals surface area contributed by atoms with Crippen molar-refractivity contribution in [2.45, 2.75) is 26.3 Å². The highest BCUT2D eigenvalue weighted by molar-refractivity contribution is 5.15. The van der Waals surface area contributed by atoms with Crippen LogP contribution in [0.25, 0.3) is 0 Å². The standard InChI is InChI=1S/C12H19N/c1-10(2)12(13-3)9-11-7-5-4-6-8-11/h4-8,10,12-13H,9H2,1-3H3/t12-/m1/s1. The fourth-order valence-corrected chi connectivity index (χ4v) is 1.54. The molecule has 0 unspecified atom stereocenters. The molecule has 0 fully saturated rings. The zero-order valence-corrected chi connectivity index (χ0v) is 8.75. The third-order valence-electron chi connectivity index (χ3n) is 2.47. The highest BCUT2D eigenvalue weighted by Gasteiger charge is 2.10. The maximum atomic E-state index is 3.35. The van der Waals surface area contributed by atoms with Crippen LogP contribution in [0.15, 0.2) is 30.3 Å². The van der Waals surface area contributed by atoms with Gasteiger partial charge in [-0.1, -0.05) is 44.2 Å². The van der Waals surface area contributed by atoms with Gasteiger partial charge in [0.25, 0.3) is 0 Å². The third kappa shape index (κ3) is 3.19. The molecule has 0 saturated heterocycles. The van der Waals surface area contributed by atoms with Crippen molar-refractivity contribution in [1.29, 1.82) is 0 Å². The molecule has 0 aliphatic carbocycles. The number of hydrogen-bond donors (Lipinski definition) is 1. The second kappa shape index (κ2) is 5.03. The van der Waals surface area contributed by atoms with E-state index in [4.69, 9.17) is 0 Å². The minimum atomic E-state index is 0.586. The Morgan fingerprint density at radius 1 is 1.15 bits per heavy atom. The lowest BCUT2D eigenvalue weighted by Crippen LogP contribution is -2.32. The molecule has 1 aromatic rings. The average molecular weight is 177 g/mol. The Kier molecular flexibility index (Phi) is 3.97. The molecule has 0 amide bonds. The van der Waals surface area contributed by atoms with E-state index in [-0.39, 0.29) is 0 Å². The Morgan fingerprint density at radius 2 is 1.77 bits per heavy atom. The van der Waals surface area contributed by atoms with E-state index < -0.39 is 0 Å². The first-order valence-corrected chi connectivity index (χ1v) is 4.95. The molecule has 1 atom stereocenters. The van der Waals surface area contributed by atoms with Crippen LogP contribution in [0.1, 0.15) is 19.4 Å². The molecule has 0 radical (unpaired) electrons. The van der Waals surface area contributed by atoms with Gasteiger partial charge in [0, 0.05) is 6.04 Å². The zero-order chi connectivity index (χ0) is 9.68. The van der Waals surface area contributed by atoms with Crippen LogP contribution >= 0.6 is 0 Å². The van der Waals surface area contributed by atoms with Crippen molar-refractivity contribution in [1.82, 2.24) is 5.32 Å². The number of likely N-dealkylation sites (N-methyl/N-ethyl adjacent to an activating group) is 1. The molecule has 1 nitrogen and oxygen atoms in total. The van der Waals surface area contributed by atoms with Crippen LogP contribution in [0, 0.1) is 5.92 Å². The van der Waals surface area contributed by atoms with Gasteiger partial charge in [0.15, 0.2) is 0 Å². The minimum Gasteiger partial charge on any atom is -0.316 e. The summed E-state index contributed by atoms with van der Waals surface area (Å²) in [6.07, 6.45) is 1.12. The lowest BCUT2D eigenvalue weighted by Gasteiger charge is -2.19. The molecule has 1 aromatic carbocycles. The molecule has 0 aliphatic heterocycles. The van der Waals surface area contributed by atoms with Crippen molar-refractivity contribution >= 4 is 0 Å². The Bertz CT molecular complexity index is 228. The average Bonchev–Trinajstić information content (AvgIpc) is 2.15. The third-order valence-corrected chi connectivity index (χ3v) is 2.47. The summed E-state index contributed by atoms with van der Waals surface area (Å²) >= 11 is 0. The zero-order valence-electron chi connectivity index (χ0n) is 8.75. The summed E-state index contributed by atoms with van der Waals surface area (Å²) in [5.41, 5.74) is 1.41. The van der Waals surface area contributed by atoms with E-state index in [1.807, 2.05) is 7.05 Å². The summed E-state index contributed by atoms with van der Waals surface area (Å²) in [5.74, 6) is 0.685. The van der Waals surface area contributed by atoms with E-state index in [0.717, 1.165) is 6.42 Å². The van der Waals surface area contributed by atoms with Crippen LogP contribution in [0.5, 0.6) is 0 Å². The molecule has 0 aromatic heterocycles. The molecule has 72 valence electrons. The molecule has 0 bridgehead atoms. The van der Waals surface area contributed by atoms with Gasteiger partial charge in [0.1, 0.15) is 0 Å². The lowest BCUT2D eigenvalue weighted by atomic mass is 9.97. The fraction of sp³-hybridized carbons (Fsp3) is 0.500. The highest BCUT2D eigenvalue weighted by atomic mass is 14.9. The number of rotatable bonds is 4. The molecule has 0 aliphatic rings. The normalized spacial score (nSPS) is 13.2. The van der Waals surface area contributed by atoms with Crippen molar-refractivity contribution < 1.29 is 0 Å². The fourth-order valence-electron chi connectivity index (χ4n) is 1.54. The molecule has 1 N–H and O–H groups in total. The molecular weight excluding hydrogens is 158 g/mol. The summed E-state index contributed by atoms with van der Waals surface area (Å²) in [6, 6.07) is 11.2. The van der Waals surface area contributed by atoms with E-state index in [2.05, 4.69) is 49.5 Å². The first-order valence-electron chi connectivity index (χ1n) is 4.95. The van der Waals surface area contributed by atoms with E-state index in [1.165, 1.54) is 5.56 Å². The Labute approximate surface area is 81.2 Å². The molecule has 0 heterocycles. The minimum absolute atomic E-state index is 0.586. The first-order chi connectivity index (χ1) is 6.24. The van der Waals surface area contributed by atoms with Crippen molar-refractivity contribution in [2.24, 2.45) is 5.92 Å². The molecule has 13 heavy (non-hydrogen) atoms. The van der Waals surface area contributed by atoms with Crippen LogP contribution in [0.3, 0.4) is 0 Å². The SMILES string of the molecule is CN[C@H](Cc1ccccc1)C(C)C. The van der Waals surface area contributed by atoms with Gasteiger partial charge in [0.2, 0.25) is 0 Å². The monoisotopic (exact) mass is 177 g/mol. The largest absolute Gasteiger partial charge is 0.316 e. The van der Waals surface area contributed by atoms with E-state index >= 15 is 0 Å². The second-order valence-corrected chi connectivity index (χ2v) is 3.83. The molecule has 1 rings (SSSR count). The van der Waals surface area contributed by atoms with Gasteiger partial charge >= 0.3 is 0 Å². The van der Waals surface area contributed by atoms with Gasteiger partial charge in [-0.2, -0.15) is 0 Å². The second-order valence-electron chi connectivity index (χ2n) is 3.83. The van der Waals surface area contributed by atoms with E-state index in [1.54, 1.807) is 0 Å². The quantitative estimate of drug-likeness (QED) is 0.745. The van der Waals surface area contributed by atoms with Crippen LogP contribution in [0.2, 0.25) is 0 Å². The summed E-state index contributed by atoms with van der Waals surface area (Å²) in [4.78, 5) is 0.